The summed E-state index contributed by atoms with van der Waals surface area (Å²) in [6.07, 6.45) is 0. The van der Waals surface area contributed by atoms with Crippen molar-refractivity contribution in [1.29, 1.82) is 0 Å². The summed E-state index contributed by atoms with van der Waals surface area (Å²) < 4.78 is 16.5. The number of methoxy groups -OCH3 is 2. The lowest BCUT2D eigenvalue weighted by molar-refractivity contribution is -1.01. The average molecular weight is 412 g/mol. The van der Waals surface area contributed by atoms with Crippen LogP contribution in [0.3, 0.4) is 0 Å². The van der Waals surface area contributed by atoms with Gasteiger partial charge in [0.15, 0.2) is 5.58 Å². The molecule has 7 heteroatoms. The van der Waals surface area contributed by atoms with E-state index in [0.717, 1.165) is 31.6 Å². The van der Waals surface area contributed by atoms with E-state index < -0.39 is 5.63 Å². The second kappa shape index (κ2) is 8.38. The number of hydrogen-bond donors (Lipinski definition) is 3. The van der Waals surface area contributed by atoms with Crippen molar-refractivity contribution in [3.05, 3.63) is 52.4 Å². The first-order valence-corrected chi connectivity index (χ1v) is 10.2. The Morgan fingerprint density at radius 1 is 1.00 bits per heavy atom. The van der Waals surface area contributed by atoms with Crippen molar-refractivity contribution in [2.45, 2.75) is 6.54 Å². The van der Waals surface area contributed by atoms with Gasteiger partial charge in [-0.05, 0) is 36.4 Å². The molecule has 30 heavy (non-hydrogen) atoms. The van der Waals surface area contributed by atoms with Crippen molar-refractivity contribution in [1.82, 2.24) is 0 Å². The molecule has 3 aromatic rings. The summed E-state index contributed by atoms with van der Waals surface area (Å²) in [5.74, 6) is 1.35. The van der Waals surface area contributed by atoms with E-state index in [9.17, 15) is 9.90 Å². The Hall–Kier alpha value is -3.03. The van der Waals surface area contributed by atoms with Crippen molar-refractivity contribution < 1.29 is 28.8 Å². The van der Waals surface area contributed by atoms with E-state index in [0.29, 0.717) is 40.3 Å². The summed E-state index contributed by atoms with van der Waals surface area (Å²) in [7, 11) is 5.33. The van der Waals surface area contributed by atoms with Crippen LogP contribution in [0, 0.1) is 0 Å². The van der Waals surface area contributed by atoms with Gasteiger partial charge in [-0.3, -0.25) is 0 Å². The van der Waals surface area contributed by atoms with Crippen LogP contribution in [-0.4, -0.2) is 52.6 Å². The standard InChI is InChI=1S/C23H26N2O5/c1-24-8-10-25(11-9-24)14-19-20(26)6-4-15-12-18(23(27)30-22(15)19)17-13-16(28-2)5-7-21(17)29-3/h4-7,12-13,26H,8-11,14H2,1-3H3/p+2. The molecule has 2 heterocycles. The highest BCUT2D eigenvalue weighted by Gasteiger charge is 2.24. The van der Waals surface area contributed by atoms with E-state index in [4.69, 9.17) is 13.9 Å². The van der Waals surface area contributed by atoms with Crippen LogP contribution in [0.2, 0.25) is 0 Å². The van der Waals surface area contributed by atoms with Gasteiger partial charge in [-0.25, -0.2) is 4.79 Å². The predicted octanol–water partition coefficient (Wildman–Crippen LogP) is 0.0960. The first-order chi connectivity index (χ1) is 14.5. The SMILES string of the molecule is COc1ccc(OC)c(-c2cc3ccc(O)c(C[NH+]4CC[NH+](C)CC4)c3oc2=O)c1. The minimum Gasteiger partial charge on any atom is -0.507 e. The Labute approximate surface area is 175 Å². The van der Waals surface area contributed by atoms with Crippen LogP contribution in [0.1, 0.15) is 5.56 Å². The highest BCUT2D eigenvalue weighted by Crippen LogP contribution is 2.34. The maximum atomic E-state index is 12.9. The summed E-state index contributed by atoms with van der Waals surface area (Å²) in [6.45, 7) is 4.84. The highest BCUT2D eigenvalue weighted by atomic mass is 16.5. The first-order valence-electron chi connectivity index (χ1n) is 10.2. The van der Waals surface area contributed by atoms with E-state index in [-0.39, 0.29) is 5.75 Å². The van der Waals surface area contributed by atoms with Crippen molar-refractivity contribution in [2.24, 2.45) is 0 Å². The van der Waals surface area contributed by atoms with E-state index in [1.54, 1.807) is 50.6 Å². The number of phenolic OH excluding ortho intramolecular Hbond substituents is 1. The van der Waals surface area contributed by atoms with Crippen LogP contribution in [0.25, 0.3) is 22.1 Å². The largest absolute Gasteiger partial charge is 0.507 e. The van der Waals surface area contributed by atoms with Gasteiger partial charge in [0.25, 0.3) is 0 Å². The fraction of sp³-hybridized carbons (Fsp3) is 0.348. The molecule has 0 aliphatic carbocycles. The number of quaternary nitrogens is 2. The van der Waals surface area contributed by atoms with Crippen LogP contribution >= 0.6 is 0 Å². The molecule has 7 nitrogen and oxygen atoms in total. The first kappa shape index (κ1) is 20.3. The highest BCUT2D eigenvalue weighted by molar-refractivity contribution is 5.86. The number of hydrogen-bond acceptors (Lipinski definition) is 5. The summed E-state index contributed by atoms with van der Waals surface area (Å²) >= 11 is 0. The maximum absolute atomic E-state index is 12.9. The number of nitrogens with one attached hydrogen (secondary N) is 2. The Balaban J connectivity index is 1.79. The van der Waals surface area contributed by atoms with E-state index >= 15 is 0 Å². The lowest BCUT2D eigenvalue weighted by Gasteiger charge is -2.27. The van der Waals surface area contributed by atoms with Crippen molar-refractivity contribution in [2.75, 3.05) is 47.4 Å². The quantitative estimate of drug-likeness (QED) is 0.518. The lowest BCUT2D eigenvalue weighted by atomic mass is 10.0. The Kier molecular flexibility index (Phi) is 5.65. The number of likely N-dealkylation sites (N-methyl/N-ethyl adjacent to an activating group) is 1. The van der Waals surface area contributed by atoms with Gasteiger partial charge in [0.2, 0.25) is 0 Å². The van der Waals surface area contributed by atoms with Crippen LogP contribution < -0.4 is 24.9 Å². The molecule has 0 unspecified atom stereocenters. The monoisotopic (exact) mass is 412 g/mol. The van der Waals surface area contributed by atoms with Gasteiger partial charge in [-0.2, -0.15) is 0 Å². The van der Waals surface area contributed by atoms with Gasteiger partial charge in [-0.1, -0.05) is 0 Å². The van der Waals surface area contributed by atoms with Gasteiger partial charge >= 0.3 is 5.63 Å². The molecule has 0 spiro atoms. The number of aromatic hydroxyl groups is 1. The molecule has 2 aromatic carbocycles. The third-order valence-corrected chi connectivity index (χ3v) is 5.91. The molecule has 0 saturated carbocycles. The molecule has 0 radical (unpaired) electrons. The average Bonchev–Trinajstić information content (AvgIpc) is 2.76. The molecular weight excluding hydrogens is 384 g/mol. The van der Waals surface area contributed by atoms with Crippen molar-refractivity contribution >= 4 is 11.0 Å². The van der Waals surface area contributed by atoms with Gasteiger partial charge < -0.3 is 28.8 Å². The minimum atomic E-state index is -0.473. The smallest absolute Gasteiger partial charge is 0.344 e. The number of piperazine rings is 1. The summed E-state index contributed by atoms with van der Waals surface area (Å²) in [5, 5.41) is 11.3. The van der Waals surface area contributed by atoms with Gasteiger partial charge in [0, 0.05) is 10.9 Å². The number of fused-ring (bicyclic) bond motifs is 1. The van der Waals surface area contributed by atoms with E-state index in [1.807, 2.05) is 0 Å². The lowest BCUT2D eigenvalue weighted by Crippen LogP contribution is -3.26. The Bertz CT molecular complexity index is 1120. The number of rotatable bonds is 5. The normalized spacial score (nSPS) is 19.0. The molecular formula is C23H28N2O5+2. The number of benzene rings is 2. The second-order valence-corrected chi connectivity index (χ2v) is 7.88. The summed E-state index contributed by atoms with van der Waals surface area (Å²) in [4.78, 5) is 15.8. The van der Waals surface area contributed by atoms with Gasteiger partial charge in [0.1, 0.15) is 50.0 Å². The van der Waals surface area contributed by atoms with Crippen LogP contribution in [0.4, 0.5) is 0 Å². The summed E-state index contributed by atoms with van der Waals surface area (Å²) in [6, 6.07) is 10.5. The van der Waals surface area contributed by atoms with Gasteiger partial charge in [0.05, 0.1) is 32.4 Å². The minimum absolute atomic E-state index is 0.163. The van der Waals surface area contributed by atoms with Crippen LogP contribution in [0.5, 0.6) is 17.2 Å². The maximum Gasteiger partial charge on any atom is 0.344 e. The molecule has 158 valence electrons. The Morgan fingerprint density at radius 2 is 1.77 bits per heavy atom. The number of ether oxygens (including phenoxy) is 2. The molecule has 1 fully saturated rings. The van der Waals surface area contributed by atoms with Gasteiger partial charge in [-0.15, -0.1) is 0 Å². The zero-order valence-electron chi connectivity index (χ0n) is 17.6. The molecule has 3 N–H and O–H groups in total. The fourth-order valence-corrected chi connectivity index (χ4v) is 4.07. The molecule has 1 aliphatic heterocycles. The third-order valence-electron chi connectivity index (χ3n) is 5.91. The van der Waals surface area contributed by atoms with Crippen molar-refractivity contribution in [3.63, 3.8) is 0 Å². The zero-order chi connectivity index (χ0) is 21.3. The van der Waals surface area contributed by atoms with Crippen molar-refractivity contribution in [3.8, 4) is 28.4 Å². The molecule has 1 aliphatic rings. The van der Waals surface area contributed by atoms with E-state index in [2.05, 4.69) is 7.05 Å². The number of phenols is 1. The predicted molar refractivity (Wildman–Crippen MR) is 114 cm³/mol. The topological polar surface area (TPSA) is 77.8 Å². The van der Waals surface area contributed by atoms with Crippen LogP contribution in [-0.2, 0) is 6.54 Å². The van der Waals surface area contributed by atoms with E-state index in [1.165, 1.54) is 9.80 Å². The molecule has 1 saturated heterocycles. The summed E-state index contributed by atoms with van der Waals surface area (Å²) in [5.41, 5.74) is 1.66. The second-order valence-electron chi connectivity index (χ2n) is 7.88. The molecule has 0 atom stereocenters. The Morgan fingerprint density at radius 3 is 2.47 bits per heavy atom. The molecule has 0 bridgehead atoms. The fourth-order valence-electron chi connectivity index (χ4n) is 4.07. The molecule has 4 rings (SSSR count). The third kappa shape index (κ3) is 3.86. The molecule has 1 aromatic heterocycles. The van der Waals surface area contributed by atoms with Crippen LogP contribution in [0.15, 0.2) is 45.6 Å². The zero-order valence-corrected chi connectivity index (χ0v) is 17.6. The molecule has 0 amide bonds.